The molecular formula is C28H28ClF2N3O3. The predicted molar refractivity (Wildman–Crippen MR) is 138 cm³/mol. The number of carbonyl (C=O) groups excluding carboxylic acids is 1. The molecule has 0 spiro atoms. The van der Waals surface area contributed by atoms with Crippen LogP contribution in [0.1, 0.15) is 48.0 Å². The van der Waals surface area contributed by atoms with Gasteiger partial charge in [0.05, 0.1) is 30.7 Å². The number of pyridine rings is 1. The topological polar surface area (TPSA) is 72.5 Å². The van der Waals surface area contributed by atoms with Crippen LogP contribution in [-0.4, -0.2) is 24.7 Å². The molecule has 194 valence electrons. The molecule has 1 aliphatic carbocycles. The smallest absolute Gasteiger partial charge is 0.339 e. The molecular weight excluding hydrogens is 500 g/mol. The van der Waals surface area contributed by atoms with Crippen LogP contribution in [0.2, 0.25) is 5.02 Å². The van der Waals surface area contributed by atoms with E-state index in [1.165, 1.54) is 31.9 Å². The maximum Gasteiger partial charge on any atom is 0.339 e. The fourth-order valence-corrected chi connectivity index (χ4v) is 5.62. The van der Waals surface area contributed by atoms with Gasteiger partial charge in [0.2, 0.25) is 5.88 Å². The van der Waals surface area contributed by atoms with E-state index in [0.717, 1.165) is 31.2 Å². The van der Waals surface area contributed by atoms with Crippen molar-refractivity contribution in [2.75, 3.05) is 24.4 Å². The monoisotopic (exact) mass is 527 g/mol. The predicted octanol–water partition coefficient (Wildman–Crippen LogP) is 6.77. The number of rotatable bonds is 7. The Kier molecular flexibility index (Phi) is 7.20. The molecule has 2 heterocycles. The van der Waals surface area contributed by atoms with E-state index in [9.17, 15) is 13.6 Å². The molecule has 5 rings (SSSR count). The lowest BCUT2D eigenvalue weighted by molar-refractivity contribution is 0.0600. The van der Waals surface area contributed by atoms with Gasteiger partial charge in [-0.15, -0.1) is 0 Å². The molecule has 1 aromatic heterocycles. The number of fused-ring (bicyclic) bond motifs is 1. The zero-order chi connectivity index (χ0) is 26.0. The van der Waals surface area contributed by atoms with Crippen LogP contribution < -0.4 is 15.4 Å². The van der Waals surface area contributed by atoms with E-state index in [-0.39, 0.29) is 18.4 Å². The van der Waals surface area contributed by atoms with Crippen LogP contribution >= 0.6 is 11.6 Å². The summed E-state index contributed by atoms with van der Waals surface area (Å²) in [6, 6.07) is 13.0. The van der Waals surface area contributed by atoms with Crippen LogP contribution in [0.5, 0.6) is 5.88 Å². The van der Waals surface area contributed by atoms with E-state index in [2.05, 4.69) is 15.6 Å². The molecule has 3 aromatic rings. The fraction of sp³-hybridized carbons (Fsp3) is 0.357. The maximum absolute atomic E-state index is 14.2. The summed E-state index contributed by atoms with van der Waals surface area (Å²) in [4.78, 5) is 16.0. The minimum atomic E-state index is -0.916. The van der Waals surface area contributed by atoms with Gasteiger partial charge < -0.3 is 20.1 Å². The van der Waals surface area contributed by atoms with Crippen molar-refractivity contribution in [1.29, 1.82) is 0 Å². The summed E-state index contributed by atoms with van der Waals surface area (Å²) in [5, 5.41) is 7.58. The van der Waals surface area contributed by atoms with Crippen LogP contribution in [0, 0.1) is 23.5 Å². The number of nitrogens with one attached hydrogen (secondary N) is 2. The molecule has 2 N–H and O–H groups in total. The third-order valence-electron chi connectivity index (χ3n) is 7.37. The van der Waals surface area contributed by atoms with Gasteiger partial charge in [-0.05, 0) is 42.5 Å². The number of hydrogen-bond acceptors (Lipinski definition) is 6. The standard InChI is InChI=1S/C28H28ClF2N3O3/c1-36-27(35)18-7-12-26(32-15-18)37-16-21(17-5-3-2-4-6-17)28(19-8-10-20(29)11-9-19)33-24-13-22(30)23(31)14-25(24)34-28/h7-15,17,21,33-34H,2-6,16H2,1H3. The Balaban J connectivity index is 1.52. The highest BCUT2D eigenvalue weighted by molar-refractivity contribution is 6.30. The van der Waals surface area contributed by atoms with Gasteiger partial charge in [0.1, 0.15) is 5.66 Å². The largest absolute Gasteiger partial charge is 0.477 e. The summed E-state index contributed by atoms with van der Waals surface area (Å²) in [5.74, 6) is -1.82. The molecule has 1 aliphatic heterocycles. The highest BCUT2D eigenvalue weighted by atomic mass is 35.5. The number of methoxy groups -OCH3 is 1. The summed E-state index contributed by atoms with van der Waals surface area (Å²) in [7, 11) is 1.31. The number of ether oxygens (including phenoxy) is 2. The quantitative estimate of drug-likeness (QED) is 0.330. The number of aromatic nitrogens is 1. The second kappa shape index (κ2) is 10.5. The second-order valence-electron chi connectivity index (χ2n) is 9.57. The Morgan fingerprint density at radius 3 is 2.27 bits per heavy atom. The molecule has 1 fully saturated rings. The second-order valence-corrected chi connectivity index (χ2v) is 10.0. The van der Waals surface area contributed by atoms with Gasteiger partial charge in [-0.25, -0.2) is 18.6 Å². The lowest BCUT2D eigenvalue weighted by Crippen LogP contribution is -2.51. The van der Waals surface area contributed by atoms with E-state index in [0.29, 0.717) is 27.8 Å². The van der Waals surface area contributed by atoms with Gasteiger partial charge in [0.25, 0.3) is 0 Å². The first-order chi connectivity index (χ1) is 17.9. The van der Waals surface area contributed by atoms with Crippen molar-refractivity contribution < 1.29 is 23.0 Å². The van der Waals surface area contributed by atoms with Crippen LogP contribution in [0.15, 0.2) is 54.7 Å². The molecule has 1 unspecified atom stereocenters. The SMILES string of the molecule is COC(=O)c1ccc(OCC(C2CCCCC2)C2(c3ccc(Cl)cc3)Nc3cc(F)c(F)cc3N2)nc1. The number of carbonyl (C=O) groups is 1. The zero-order valence-corrected chi connectivity index (χ0v) is 21.2. The minimum Gasteiger partial charge on any atom is -0.477 e. The molecule has 9 heteroatoms. The van der Waals surface area contributed by atoms with E-state index >= 15 is 0 Å². The van der Waals surface area contributed by atoms with Crippen molar-refractivity contribution in [2.24, 2.45) is 11.8 Å². The Morgan fingerprint density at radius 1 is 1.05 bits per heavy atom. The molecule has 1 saturated carbocycles. The minimum absolute atomic E-state index is 0.144. The third kappa shape index (κ3) is 5.07. The van der Waals surface area contributed by atoms with Crippen LogP contribution in [0.25, 0.3) is 0 Å². The number of halogens is 3. The number of nitrogens with zero attached hydrogens (tertiary/aromatic N) is 1. The Labute approximate surface area is 219 Å². The third-order valence-corrected chi connectivity index (χ3v) is 7.62. The highest BCUT2D eigenvalue weighted by Gasteiger charge is 2.49. The van der Waals surface area contributed by atoms with E-state index in [1.807, 2.05) is 12.1 Å². The van der Waals surface area contributed by atoms with Gasteiger partial charge in [-0.3, -0.25) is 0 Å². The fourth-order valence-electron chi connectivity index (χ4n) is 5.50. The van der Waals surface area contributed by atoms with Crippen LogP contribution in [0.3, 0.4) is 0 Å². The van der Waals surface area contributed by atoms with Crippen molar-refractivity contribution in [2.45, 2.75) is 37.8 Å². The van der Waals surface area contributed by atoms with Crippen LogP contribution in [-0.2, 0) is 10.4 Å². The normalized spacial score (nSPS) is 17.3. The molecule has 1 atom stereocenters. The Morgan fingerprint density at radius 2 is 1.70 bits per heavy atom. The summed E-state index contributed by atoms with van der Waals surface area (Å²) in [6.07, 6.45) is 6.78. The van der Waals surface area contributed by atoms with Gasteiger partial charge in [-0.1, -0.05) is 43.0 Å². The first kappa shape index (κ1) is 25.3. The average Bonchev–Trinajstić information content (AvgIpc) is 3.28. The number of anilines is 2. The van der Waals surface area contributed by atoms with Crippen molar-refractivity contribution in [3.8, 4) is 5.88 Å². The molecule has 0 radical (unpaired) electrons. The van der Waals surface area contributed by atoms with Crippen LogP contribution in [0.4, 0.5) is 20.2 Å². The summed E-state index contributed by atoms with van der Waals surface area (Å²) < 4.78 is 39.3. The number of benzene rings is 2. The van der Waals surface area contributed by atoms with E-state index in [4.69, 9.17) is 21.1 Å². The summed E-state index contributed by atoms with van der Waals surface area (Å²) in [6.45, 7) is 0.275. The van der Waals surface area contributed by atoms with E-state index in [1.54, 1.807) is 24.3 Å². The van der Waals surface area contributed by atoms with E-state index < -0.39 is 23.3 Å². The molecule has 37 heavy (non-hydrogen) atoms. The molecule has 6 nitrogen and oxygen atoms in total. The number of esters is 1. The highest BCUT2D eigenvalue weighted by Crippen LogP contribution is 2.49. The lowest BCUT2D eigenvalue weighted by atomic mass is 9.72. The Bertz CT molecular complexity index is 1230. The molecule has 2 aromatic carbocycles. The van der Waals surface area contributed by atoms with Crippen molar-refractivity contribution >= 4 is 28.9 Å². The first-order valence-electron chi connectivity index (χ1n) is 12.4. The van der Waals surface area contributed by atoms with Crippen molar-refractivity contribution in [3.63, 3.8) is 0 Å². The summed E-state index contributed by atoms with van der Waals surface area (Å²) >= 11 is 6.20. The molecule has 0 saturated heterocycles. The molecule has 0 bridgehead atoms. The Hall–Kier alpha value is -3.39. The van der Waals surface area contributed by atoms with Crippen molar-refractivity contribution in [3.05, 3.63) is 82.5 Å². The van der Waals surface area contributed by atoms with Gasteiger partial charge in [-0.2, -0.15) is 0 Å². The summed E-state index contributed by atoms with van der Waals surface area (Å²) in [5.41, 5.74) is 1.27. The zero-order valence-electron chi connectivity index (χ0n) is 20.4. The maximum atomic E-state index is 14.2. The first-order valence-corrected chi connectivity index (χ1v) is 12.8. The van der Waals surface area contributed by atoms with Gasteiger partial charge >= 0.3 is 5.97 Å². The number of hydrogen-bond donors (Lipinski definition) is 2. The molecule has 0 amide bonds. The lowest BCUT2D eigenvalue weighted by Gasteiger charge is -2.44. The molecule has 2 aliphatic rings. The van der Waals surface area contributed by atoms with Crippen molar-refractivity contribution in [1.82, 2.24) is 4.98 Å². The van der Waals surface area contributed by atoms with Gasteiger partial charge in [0.15, 0.2) is 11.6 Å². The van der Waals surface area contributed by atoms with Gasteiger partial charge in [0, 0.05) is 35.3 Å². The average molecular weight is 528 g/mol.